The summed E-state index contributed by atoms with van der Waals surface area (Å²) in [5, 5.41) is 6.98. The van der Waals surface area contributed by atoms with E-state index in [0.717, 1.165) is 13.0 Å². The minimum atomic E-state index is 0.178. The highest BCUT2D eigenvalue weighted by Crippen LogP contribution is 2.25. The lowest BCUT2D eigenvalue weighted by atomic mass is 9.93. The molecule has 0 amide bonds. The van der Waals surface area contributed by atoms with Crippen LogP contribution in [0.15, 0.2) is 5.38 Å². The van der Waals surface area contributed by atoms with Gasteiger partial charge in [-0.3, -0.25) is 0 Å². The van der Waals surface area contributed by atoms with E-state index in [9.17, 15) is 0 Å². The van der Waals surface area contributed by atoms with Gasteiger partial charge in [0.1, 0.15) is 0 Å². The van der Waals surface area contributed by atoms with Crippen LogP contribution in [-0.4, -0.2) is 17.6 Å². The minimum Gasteiger partial charge on any atom is -0.315 e. The second-order valence-electron chi connectivity index (χ2n) is 6.58. The molecule has 2 nitrogen and oxygen atoms in total. The quantitative estimate of drug-likeness (QED) is 0.843. The van der Waals surface area contributed by atoms with E-state index in [2.05, 4.69) is 52.2 Å². The largest absolute Gasteiger partial charge is 0.315 e. The molecule has 0 aromatic carbocycles. The number of thiazole rings is 1. The summed E-state index contributed by atoms with van der Waals surface area (Å²) in [6.45, 7) is 14.5. The number of hydrogen-bond acceptors (Lipinski definition) is 3. The van der Waals surface area contributed by atoms with Crippen LogP contribution in [0, 0.1) is 5.92 Å². The third-order valence-electron chi connectivity index (χ3n) is 3.03. The molecular weight excluding hydrogens is 240 g/mol. The van der Waals surface area contributed by atoms with Gasteiger partial charge in [-0.25, -0.2) is 4.98 Å². The molecular formula is C15H28N2S. The number of nitrogens with zero attached hydrogens (tertiary/aromatic N) is 1. The molecule has 1 rings (SSSR count). The predicted molar refractivity (Wildman–Crippen MR) is 81.4 cm³/mol. The third-order valence-corrected chi connectivity index (χ3v) is 3.90. The summed E-state index contributed by atoms with van der Waals surface area (Å²) >= 11 is 1.81. The molecule has 1 heterocycles. The normalized spacial score (nSPS) is 14.2. The second-order valence-corrected chi connectivity index (χ2v) is 7.53. The Hall–Kier alpha value is -0.410. The van der Waals surface area contributed by atoms with Crippen LogP contribution in [0.25, 0.3) is 0 Å². The molecule has 104 valence electrons. The average Bonchev–Trinajstić information content (AvgIpc) is 2.64. The van der Waals surface area contributed by atoms with E-state index in [-0.39, 0.29) is 5.41 Å². The summed E-state index contributed by atoms with van der Waals surface area (Å²) in [6, 6.07) is 0.588. The van der Waals surface area contributed by atoms with Gasteiger partial charge in [0.15, 0.2) is 0 Å². The predicted octanol–water partition coefficient (Wildman–Crippen LogP) is 4.01. The zero-order valence-corrected chi connectivity index (χ0v) is 13.5. The number of aromatic nitrogens is 1. The summed E-state index contributed by atoms with van der Waals surface area (Å²) in [4.78, 5) is 4.76. The number of rotatable bonds is 6. The molecule has 1 N–H and O–H groups in total. The van der Waals surface area contributed by atoms with Crippen molar-refractivity contribution in [2.24, 2.45) is 5.92 Å². The van der Waals surface area contributed by atoms with Gasteiger partial charge in [-0.2, -0.15) is 0 Å². The average molecular weight is 268 g/mol. The second kappa shape index (κ2) is 6.67. The van der Waals surface area contributed by atoms with E-state index in [1.54, 1.807) is 0 Å². The smallest absolute Gasteiger partial charge is 0.0931 e. The Morgan fingerprint density at radius 2 is 1.94 bits per heavy atom. The van der Waals surface area contributed by atoms with Gasteiger partial charge in [0.2, 0.25) is 0 Å². The lowest BCUT2D eigenvalue weighted by molar-refractivity contribution is 0.474. The molecule has 18 heavy (non-hydrogen) atoms. The van der Waals surface area contributed by atoms with E-state index < -0.39 is 0 Å². The summed E-state index contributed by atoms with van der Waals surface area (Å²) in [5.41, 5.74) is 1.41. The van der Waals surface area contributed by atoms with Crippen LogP contribution in [0.3, 0.4) is 0 Å². The fraction of sp³-hybridized carbons (Fsp3) is 0.800. The first-order valence-corrected chi connectivity index (χ1v) is 7.85. The van der Waals surface area contributed by atoms with E-state index in [1.165, 1.54) is 17.1 Å². The molecule has 0 aliphatic heterocycles. The molecule has 1 atom stereocenters. The maximum atomic E-state index is 4.76. The molecule has 0 spiro atoms. The minimum absolute atomic E-state index is 0.178. The third kappa shape index (κ3) is 5.49. The van der Waals surface area contributed by atoms with Crippen LogP contribution in [0.1, 0.15) is 58.7 Å². The molecule has 1 aromatic rings. The van der Waals surface area contributed by atoms with Crippen LogP contribution >= 0.6 is 11.3 Å². The van der Waals surface area contributed by atoms with E-state index in [0.29, 0.717) is 12.0 Å². The molecule has 0 aliphatic carbocycles. The highest BCUT2D eigenvalue weighted by atomic mass is 32.1. The van der Waals surface area contributed by atoms with Crippen LogP contribution in [-0.2, 0) is 11.8 Å². The SMILES string of the molecule is CC(CCNC(C)C)Cc1nc(C(C)(C)C)cs1. The van der Waals surface area contributed by atoms with Gasteiger partial charge in [0.25, 0.3) is 0 Å². The van der Waals surface area contributed by atoms with E-state index in [1.807, 2.05) is 11.3 Å². The lowest BCUT2D eigenvalue weighted by Gasteiger charge is -2.15. The van der Waals surface area contributed by atoms with Crippen molar-refractivity contribution in [2.75, 3.05) is 6.54 Å². The van der Waals surface area contributed by atoms with Gasteiger partial charge in [0, 0.05) is 23.3 Å². The molecule has 1 unspecified atom stereocenters. The molecule has 3 heteroatoms. The molecule has 1 aromatic heterocycles. The summed E-state index contributed by atoms with van der Waals surface area (Å²) < 4.78 is 0. The lowest BCUT2D eigenvalue weighted by Crippen LogP contribution is -2.25. The zero-order valence-electron chi connectivity index (χ0n) is 12.7. The monoisotopic (exact) mass is 268 g/mol. The first-order chi connectivity index (χ1) is 8.29. The van der Waals surface area contributed by atoms with E-state index in [4.69, 9.17) is 4.98 Å². The standard InChI is InChI=1S/C15H28N2S/c1-11(2)16-8-7-12(3)9-14-17-13(10-18-14)15(4,5)6/h10-12,16H,7-9H2,1-6H3. The van der Waals surface area contributed by atoms with Crippen molar-refractivity contribution in [3.8, 4) is 0 Å². The van der Waals surface area contributed by atoms with Crippen LogP contribution in [0.4, 0.5) is 0 Å². The zero-order chi connectivity index (χ0) is 13.8. The van der Waals surface area contributed by atoms with E-state index >= 15 is 0 Å². The van der Waals surface area contributed by atoms with Crippen molar-refractivity contribution in [1.29, 1.82) is 0 Å². The first kappa shape index (κ1) is 15.6. The van der Waals surface area contributed by atoms with Crippen molar-refractivity contribution < 1.29 is 0 Å². The van der Waals surface area contributed by atoms with Gasteiger partial charge in [0.05, 0.1) is 10.7 Å². The van der Waals surface area contributed by atoms with Crippen molar-refractivity contribution in [3.63, 3.8) is 0 Å². The Kier molecular flexibility index (Phi) is 5.80. The first-order valence-electron chi connectivity index (χ1n) is 6.97. The molecule has 0 saturated carbocycles. The number of hydrogen-bond donors (Lipinski definition) is 1. The van der Waals surface area contributed by atoms with Gasteiger partial charge < -0.3 is 5.32 Å². The number of nitrogens with one attached hydrogen (secondary N) is 1. The van der Waals surface area contributed by atoms with Crippen molar-refractivity contribution >= 4 is 11.3 Å². The molecule has 0 radical (unpaired) electrons. The van der Waals surface area contributed by atoms with Gasteiger partial charge in [-0.05, 0) is 18.9 Å². The van der Waals surface area contributed by atoms with Crippen molar-refractivity contribution in [2.45, 2.75) is 65.8 Å². The highest BCUT2D eigenvalue weighted by molar-refractivity contribution is 7.09. The van der Waals surface area contributed by atoms with Crippen LogP contribution in [0.5, 0.6) is 0 Å². The van der Waals surface area contributed by atoms with Crippen molar-refractivity contribution in [1.82, 2.24) is 10.3 Å². The van der Waals surface area contributed by atoms with Crippen LogP contribution < -0.4 is 5.32 Å². The maximum Gasteiger partial charge on any atom is 0.0931 e. The topological polar surface area (TPSA) is 24.9 Å². The fourth-order valence-corrected chi connectivity index (χ4v) is 2.95. The van der Waals surface area contributed by atoms with Gasteiger partial charge >= 0.3 is 0 Å². The summed E-state index contributed by atoms with van der Waals surface area (Å²) in [6.07, 6.45) is 2.34. The molecule has 0 bridgehead atoms. The molecule has 0 aliphatic rings. The van der Waals surface area contributed by atoms with Gasteiger partial charge in [-0.1, -0.05) is 41.5 Å². The summed E-state index contributed by atoms with van der Waals surface area (Å²) in [7, 11) is 0. The Balaban J connectivity index is 2.40. The van der Waals surface area contributed by atoms with Gasteiger partial charge in [-0.15, -0.1) is 11.3 Å². The Bertz CT molecular complexity index is 350. The maximum absolute atomic E-state index is 4.76. The Labute approximate surface area is 116 Å². The Morgan fingerprint density at radius 3 is 2.44 bits per heavy atom. The van der Waals surface area contributed by atoms with Crippen molar-refractivity contribution in [3.05, 3.63) is 16.1 Å². The molecule has 0 fully saturated rings. The summed E-state index contributed by atoms with van der Waals surface area (Å²) in [5.74, 6) is 0.704. The van der Waals surface area contributed by atoms with Crippen LogP contribution in [0.2, 0.25) is 0 Å². The molecule has 0 saturated heterocycles. The highest BCUT2D eigenvalue weighted by Gasteiger charge is 2.18. The Morgan fingerprint density at radius 1 is 1.28 bits per heavy atom. The fourth-order valence-electron chi connectivity index (χ4n) is 1.77.